The molecule has 8 heteroatoms. The van der Waals surface area contributed by atoms with Crippen LogP contribution in [0.5, 0.6) is 0 Å². The lowest BCUT2D eigenvalue weighted by Crippen LogP contribution is -2.48. The van der Waals surface area contributed by atoms with Gasteiger partial charge in [-0.2, -0.15) is 8.75 Å². The van der Waals surface area contributed by atoms with Gasteiger partial charge in [-0.15, -0.1) is 0 Å². The van der Waals surface area contributed by atoms with Crippen LogP contribution in [0.15, 0.2) is 0 Å². The number of carbonyl (C=O) groups is 1. The first-order valence-corrected chi connectivity index (χ1v) is 5.50. The van der Waals surface area contributed by atoms with Crippen molar-refractivity contribution in [1.82, 2.24) is 13.6 Å². The van der Waals surface area contributed by atoms with E-state index in [0.717, 1.165) is 11.7 Å². The minimum Gasteiger partial charge on any atom is -0.465 e. The minimum absolute atomic E-state index is 0.392. The van der Waals surface area contributed by atoms with Crippen molar-refractivity contribution < 1.29 is 9.90 Å². The molecular weight excluding hydrogens is 240 g/mol. The number of amides is 1. The third-order valence-corrected chi connectivity index (χ3v) is 3.16. The maximum atomic E-state index is 10.7. The molecule has 1 aliphatic rings. The predicted molar refractivity (Wildman–Crippen MR) is 56.7 cm³/mol. The molecule has 6 nitrogen and oxygen atoms in total. The third kappa shape index (κ3) is 2.13. The van der Waals surface area contributed by atoms with E-state index in [4.69, 9.17) is 16.7 Å². The van der Waals surface area contributed by atoms with Crippen molar-refractivity contribution in [2.45, 2.75) is 0 Å². The van der Waals surface area contributed by atoms with E-state index in [1.165, 1.54) is 4.90 Å². The minimum atomic E-state index is -0.878. The molecule has 1 aliphatic heterocycles. The van der Waals surface area contributed by atoms with Crippen molar-refractivity contribution in [1.29, 1.82) is 0 Å². The lowest BCUT2D eigenvalue weighted by molar-refractivity contribution is 0.142. The Bertz CT molecular complexity index is 364. The molecule has 1 fully saturated rings. The molecule has 0 bridgehead atoms. The molecule has 1 saturated heterocycles. The predicted octanol–water partition coefficient (Wildman–Crippen LogP) is 0.992. The Morgan fingerprint density at radius 1 is 1.33 bits per heavy atom. The Hall–Kier alpha value is -1.08. The molecule has 0 radical (unpaired) electrons. The van der Waals surface area contributed by atoms with E-state index in [-0.39, 0.29) is 0 Å². The number of hydrogen-bond acceptors (Lipinski definition) is 5. The largest absolute Gasteiger partial charge is 0.465 e. The molecule has 0 saturated carbocycles. The van der Waals surface area contributed by atoms with Gasteiger partial charge < -0.3 is 14.9 Å². The van der Waals surface area contributed by atoms with Gasteiger partial charge in [0.05, 0.1) is 11.7 Å². The Kier molecular flexibility index (Phi) is 2.92. The lowest BCUT2D eigenvalue weighted by atomic mass is 10.3. The van der Waals surface area contributed by atoms with Gasteiger partial charge in [-0.1, -0.05) is 11.6 Å². The van der Waals surface area contributed by atoms with E-state index in [0.29, 0.717) is 37.1 Å². The van der Waals surface area contributed by atoms with Gasteiger partial charge in [-0.3, -0.25) is 0 Å². The van der Waals surface area contributed by atoms with Gasteiger partial charge in [0, 0.05) is 26.2 Å². The van der Waals surface area contributed by atoms with Crippen molar-refractivity contribution in [2.75, 3.05) is 31.1 Å². The molecule has 0 atom stereocenters. The summed E-state index contributed by atoms with van der Waals surface area (Å²) >= 11 is 6.90. The van der Waals surface area contributed by atoms with E-state index >= 15 is 0 Å². The van der Waals surface area contributed by atoms with Crippen LogP contribution in [0.2, 0.25) is 5.15 Å². The first-order valence-electron chi connectivity index (χ1n) is 4.39. The highest BCUT2D eigenvalue weighted by molar-refractivity contribution is 6.99. The molecule has 1 aromatic rings. The smallest absolute Gasteiger partial charge is 0.407 e. The van der Waals surface area contributed by atoms with Crippen LogP contribution < -0.4 is 4.90 Å². The van der Waals surface area contributed by atoms with E-state index in [1.807, 2.05) is 4.90 Å². The maximum absolute atomic E-state index is 10.7. The molecule has 2 heterocycles. The number of halogens is 1. The Morgan fingerprint density at radius 3 is 2.47 bits per heavy atom. The summed E-state index contributed by atoms with van der Waals surface area (Å²) in [5, 5.41) is 9.16. The summed E-state index contributed by atoms with van der Waals surface area (Å²) in [7, 11) is 0. The molecule has 2 rings (SSSR count). The zero-order valence-electron chi connectivity index (χ0n) is 7.76. The van der Waals surface area contributed by atoms with Gasteiger partial charge in [-0.25, -0.2) is 4.79 Å². The zero-order chi connectivity index (χ0) is 10.8. The third-order valence-electron chi connectivity index (χ3n) is 2.28. The number of anilines is 1. The summed E-state index contributed by atoms with van der Waals surface area (Å²) in [6.07, 6.45) is -0.878. The van der Waals surface area contributed by atoms with Gasteiger partial charge in [0.2, 0.25) is 0 Å². The van der Waals surface area contributed by atoms with Gasteiger partial charge in [0.1, 0.15) is 0 Å². The molecule has 0 unspecified atom stereocenters. The molecule has 1 amide bonds. The molecular formula is C7H9ClN4O2S. The second-order valence-electron chi connectivity index (χ2n) is 3.14. The fourth-order valence-electron chi connectivity index (χ4n) is 1.47. The first-order chi connectivity index (χ1) is 7.18. The fourth-order valence-corrected chi connectivity index (χ4v) is 2.25. The highest BCUT2D eigenvalue weighted by Crippen LogP contribution is 2.23. The molecule has 82 valence electrons. The summed E-state index contributed by atoms with van der Waals surface area (Å²) in [5.74, 6) is 0.659. The Balaban J connectivity index is 2.00. The van der Waals surface area contributed by atoms with Crippen molar-refractivity contribution in [3.05, 3.63) is 5.15 Å². The summed E-state index contributed by atoms with van der Waals surface area (Å²) in [4.78, 5) is 14.0. The second-order valence-corrected chi connectivity index (χ2v) is 4.02. The van der Waals surface area contributed by atoms with Crippen LogP contribution in [0.3, 0.4) is 0 Å². The van der Waals surface area contributed by atoms with Gasteiger partial charge >= 0.3 is 6.09 Å². The summed E-state index contributed by atoms with van der Waals surface area (Å²) in [5.41, 5.74) is 0. The van der Waals surface area contributed by atoms with Crippen molar-refractivity contribution in [2.24, 2.45) is 0 Å². The average molecular weight is 249 g/mol. The van der Waals surface area contributed by atoms with Gasteiger partial charge in [0.15, 0.2) is 11.0 Å². The van der Waals surface area contributed by atoms with Crippen LogP contribution in [0.4, 0.5) is 10.6 Å². The number of rotatable bonds is 1. The molecule has 1 aromatic heterocycles. The average Bonchev–Trinajstić information content (AvgIpc) is 2.65. The first kappa shape index (κ1) is 10.4. The maximum Gasteiger partial charge on any atom is 0.407 e. The Labute approximate surface area is 95.4 Å². The van der Waals surface area contributed by atoms with Crippen LogP contribution in [-0.2, 0) is 0 Å². The summed E-state index contributed by atoms with van der Waals surface area (Å²) in [6, 6.07) is 0. The monoisotopic (exact) mass is 248 g/mol. The number of carboxylic acid groups (broad SMARTS) is 1. The highest BCUT2D eigenvalue weighted by atomic mass is 35.5. The number of hydrogen-bond donors (Lipinski definition) is 1. The van der Waals surface area contributed by atoms with Crippen LogP contribution in [0, 0.1) is 0 Å². The van der Waals surface area contributed by atoms with E-state index < -0.39 is 6.09 Å². The zero-order valence-corrected chi connectivity index (χ0v) is 9.33. The number of piperazine rings is 1. The summed E-state index contributed by atoms with van der Waals surface area (Å²) in [6.45, 7) is 2.17. The quantitative estimate of drug-likeness (QED) is 0.803. The molecule has 1 N–H and O–H groups in total. The highest BCUT2D eigenvalue weighted by Gasteiger charge is 2.23. The summed E-state index contributed by atoms with van der Waals surface area (Å²) < 4.78 is 7.94. The van der Waals surface area contributed by atoms with Crippen molar-refractivity contribution >= 4 is 35.2 Å². The van der Waals surface area contributed by atoms with E-state index in [9.17, 15) is 4.79 Å². The van der Waals surface area contributed by atoms with Crippen LogP contribution in [-0.4, -0.2) is 51.0 Å². The van der Waals surface area contributed by atoms with Gasteiger partial charge in [0.25, 0.3) is 0 Å². The molecule has 15 heavy (non-hydrogen) atoms. The lowest BCUT2D eigenvalue weighted by Gasteiger charge is -2.32. The van der Waals surface area contributed by atoms with E-state index in [1.54, 1.807) is 0 Å². The fraction of sp³-hybridized carbons (Fsp3) is 0.571. The molecule has 0 spiro atoms. The van der Waals surface area contributed by atoms with Crippen LogP contribution >= 0.6 is 23.3 Å². The van der Waals surface area contributed by atoms with Crippen LogP contribution in [0.25, 0.3) is 0 Å². The van der Waals surface area contributed by atoms with Crippen molar-refractivity contribution in [3.63, 3.8) is 0 Å². The topological polar surface area (TPSA) is 69.6 Å². The number of aromatic nitrogens is 2. The standard InChI is InChI=1S/C7H9ClN4O2S/c8-5-6(10-15-9-5)11-1-3-12(4-2-11)7(13)14/h1-4H2,(H,13,14). The molecule has 0 aliphatic carbocycles. The van der Waals surface area contributed by atoms with E-state index in [2.05, 4.69) is 8.75 Å². The SMILES string of the molecule is O=C(O)N1CCN(c2nsnc2Cl)CC1. The second kappa shape index (κ2) is 4.19. The van der Waals surface area contributed by atoms with Gasteiger partial charge in [-0.05, 0) is 0 Å². The van der Waals surface area contributed by atoms with Crippen LogP contribution in [0.1, 0.15) is 0 Å². The van der Waals surface area contributed by atoms with Crippen molar-refractivity contribution in [3.8, 4) is 0 Å². The molecule has 0 aromatic carbocycles. The Morgan fingerprint density at radius 2 is 2.00 bits per heavy atom. The number of nitrogens with zero attached hydrogens (tertiary/aromatic N) is 4. The normalized spacial score (nSPS) is 16.9.